The van der Waals surface area contributed by atoms with E-state index in [0.29, 0.717) is 0 Å². The molecule has 0 fully saturated rings. The average molecular weight is 151 g/mol. The van der Waals surface area contributed by atoms with Crippen LogP contribution in [0, 0.1) is 0 Å². The first kappa shape index (κ1) is 8.08. The van der Waals surface area contributed by atoms with E-state index in [9.17, 15) is 0 Å². The molecule has 1 aromatic rings. The normalized spacial score (nSPS) is 15.0. The predicted molar refractivity (Wildman–Crippen MR) is 46.0 cm³/mol. The van der Waals surface area contributed by atoms with Gasteiger partial charge in [-0.05, 0) is 19.9 Å². The van der Waals surface area contributed by atoms with E-state index in [0.717, 1.165) is 11.1 Å². The third-order valence-electron chi connectivity index (χ3n) is 1.66. The maximum atomic E-state index is 5.65. The molecule has 0 bridgehead atoms. The molecule has 0 spiro atoms. The van der Waals surface area contributed by atoms with Gasteiger partial charge in [0.25, 0.3) is 0 Å². The Labute approximate surface area is 66.7 Å². The maximum Gasteiger partial charge on any atom is 0.0974 e. The average Bonchev–Trinajstić information content (AvgIpc) is 2.39. The van der Waals surface area contributed by atoms with Crippen molar-refractivity contribution in [3.05, 3.63) is 29.7 Å². The van der Waals surface area contributed by atoms with Crippen molar-refractivity contribution in [3.8, 4) is 0 Å². The highest BCUT2D eigenvalue weighted by Gasteiger charge is 1.96. The highest BCUT2D eigenvalue weighted by Crippen LogP contribution is 2.08. The van der Waals surface area contributed by atoms with Gasteiger partial charge in [0.1, 0.15) is 0 Å². The summed E-state index contributed by atoms with van der Waals surface area (Å²) >= 11 is 0. The van der Waals surface area contributed by atoms with E-state index >= 15 is 0 Å². The summed E-state index contributed by atoms with van der Waals surface area (Å²) in [5, 5.41) is 0. The lowest BCUT2D eigenvalue weighted by Gasteiger charge is -2.02. The smallest absolute Gasteiger partial charge is 0.0974 e. The van der Waals surface area contributed by atoms with Crippen LogP contribution in [0.15, 0.2) is 28.6 Å². The van der Waals surface area contributed by atoms with Crippen LogP contribution in [-0.4, -0.2) is 6.04 Å². The largest absolute Gasteiger partial charge is 0.472 e. The molecule has 60 valence electrons. The van der Waals surface area contributed by atoms with E-state index in [2.05, 4.69) is 0 Å². The molecule has 1 unspecified atom stereocenters. The van der Waals surface area contributed by atoms with Crippen molar-refractivity contribution in [2.45, 2.75) is 19.9 Å². The van der Waals surface area contributed by atoms with E-state index < -0.39 is 0 Å². The Balaban J connectivity index is 2.74. The van der Waals surface area contributed by atoms with Crippen LogP contribution in [0.2, 0.25) is 0 Å². The third kappa shape index (κ3) is 2.24. The standard InChI is InChI=1S/C9H13NO/c1-7(8(2)10)5-9-3-4-11-6-9/h3-6,8H,10H2,1-2H3/b7-5+. The maximum absolute atomic E-state index is 5.65. The van der Waals surface area contributed by atoms with E-state index in [-0.39, 0.29) is 6.04 Å². The van der Waals surface area contributed by atoms with Gasteiger partial charge in [0, 0.05) is 11.6 Å². The highest BCUT2D eigenvalue weighted by molar-refractivity contribution is 5.51. The molecule has 2 heteroatoms. The molecule has 1 rings (SSSR count). The van der Waals surface area contributed by atoms with Crippen LogP contribution >= 0.6 is 0 Å². The zero-order valence-corrected chi connectivity index (χ0v) is 6.87. The lowest BCUT2D eigenvalue weighted by molar-refractivity contribution is 0.567. The van der Waals surface area contributed by atoms with Gasteiger partial charge >= 0.3 is 0 Å². The summed E-state index contributed by atoms with van der Waals surface area (Å²) in [6, 6.07) is 2.02. The van der Waals surface area contributed by atoms with E-state index in [4.69, 9.17) is 10.2 Å². The molecule has 1 aromatic heterocycles. The van der Waals surface area contributed by atoms with Crippen molar-refractivity contribution in [3.63, 3.8) is 0 Å². The Morgan fingerprint density at radius 1 is 1.73 bits per heavy atom. The summed E-state index contributed by atoms with van der Waals surface area (Å²) in [6.07, 6.45) is 5.38. The molecule has 0 saturated carbocycles. The van der Waals surface area contributed by atoms with Crippen LogP contribution < -0.4 is 5.73 Å². The monoisotopic (exact) mass is 151 g/mol. The summed E-state index contributed by atoms with van der Waals surface area (Å²) in [5.41, 5.74) is 7.88. The molecule has 2 N–H and O–H groups in total. The van der Waals surface area contributed by atoms with Crippen LogP contribution in [0.1, 0.15) is 19.4 Å². The van der Waals surface area contributed by atoms with E-state index in [1.54, 1.807) is 12.5 Å². The van der Waals surface area contributed by atoms with Crippen molar-refractivity contribution in [1.29, 1.82) is 0 Å². The highest BCUT2D eigenvalue weighted by atomic mass is 16.3. The second-order valence-corrected chi connectivity index (χ2v) is 2.73. The molecular weight excluding hydrogens is 138 g/mol. The first-order chi connectivity index (χ1) is 5.20. The van der Waals surface area contributed by atoms with Gasteiger partial charge in [-0.1, -0.05) is 11.6 Å². The second-order valence-electron chi connectivity index (χ2n) is 2.73. The van der Waals surface area contributed by atoms with Crippen molar-refractivity contribution < 1.29 is 4.42 Å². The van der Waals surface area contributed by atoms with Gasteiger partial charge in [-0.2, -0.15) is 0 Å². The third-order valence-corrected chi connectivity index (χ3v) is 1.66. The first-order valence-corrected chi connectivity index (χ1v) is 3.66. The van der Waals surface area contributed by atoms with Gasteiger partial charge in [0.15, 0.2) is 0 Å². The fourth-order valence-electron chi connectivity index (χ4n) is 0.751. The molecule has 0 aliphatic carbocycles. The molecule has 2 nitrogen and oxygen atoms in total. The van der Waals surface area contributed by atoms with Crippen molar-refractivity contribution in [1.82, 2.24) is 0 Å². The van der Waals surface area contributed by atoms with Crippen LogP contribution in [-0.2, 0) is 0 Å². The van der Waals surface area contributed by atoms with Crippen LogP contribution in [0.4, 0.5) is 0 Å². The fourth-order valence-corrected chi connectivity index (χ4v) is 0.751. The Kier molecular flexibility index (Phi) is 2.49. The Morgan fingerprint density at radius 3 is 2.91 bits per heavy atom. The molecule has 0 aliphatic rings. The molecular formula is C9H13NO. The molecule has 11 heavy (non-hydrogen) atoms. The van der Waals surface area contributed by atoms with Crippen LogP contribution in [0.3, 0.4) is 0 Å². The number of hydrogen-bond acceptors (Lipinski definition) is 2. The minimum atomic E-state index is 0.116. The summed E-state index contributed by atoms with van der Waals surface area (Å²) < 4.78 is 4.91. The van der Waals surface area contributed by atoms with Gasteiger partial charge < -0.3 is 10.2 Å². The molecule has 0 aliphatic heterocycles. The minimum Gasteiger partial charge on any atom is -0.472 e. The zero-order chi connectivity index (χ0) is 8.27. The quantitative estimate of drug-likeness (QED) is 0.702. The van der Waals surface area contributed by atoms with Crippen LogP contribution in [0.5, 0.6) is 0 Å². The summed E-state index contributed by atoms with van der Waals surface area (Å²) in [7, 11) is 0. The molecule has 0 amide bonds. The number of hydrogen-bond donors (Lipinski definition) is 1. The summed E-state index contributed by atoms with van der Waals surface area (Å²) in [5.74, 6) is 0. The minimum absolute atomic E-state index is 0.116. The second kappa shape index (κ2) is 3.39. The summed E-state index contributed by atoms with van der Waals surface area (Å²) in [6.45, 7) is 3.98. The van der Waals surface area contributed by atoms with Crippen molar-refractivity contribution >= 4 is 6.08 Å². The molecule has 0 radical (unpaired) electrons. The summed E-state index contributed by atoms with van der Waals surface area (Å²) in [4.78, 5) is 0. The van der Waals surface area contributed by atoms with Gasteiger partial charge in [0.2, 0.25) is 0 Å². The van der Waals surface area contributed by atoms with Crippen molar-refractivity contribution in [2.75, 3.05) is 0 Å². The first-order valence-electron chi connectivity index (χ1n) is 3.66. The topological polar surface area (TPSA) is 39.2 Å². The fraction of sp³-hybridized carbons (Fsp3) is 0.333. The number of rotatable bonds is 2. The zero-order valence-electron chi connectivity index (χ0n) is 6.87. The van der Waals surface area contributed by atoms with E-state index in [1.807, 2.05) is 26.0 Å². The Bertz CT molecular complexity index is 234. The molecule has 0 saturated heterocycles. The Hall–Kier alpha value is -1.02. The molecule has 0 aromatic carbocycles. The van der Waals surface area contributed by atoms with E-state index in [1.165, 1.54) is 0 Å². The van der Waals surface area contributed by atoms with Gasteiger partial charge in [0.05, 0.1) is 12.5 Å². The SMILES string of the molecule is C/C(=C\c1ccoc1)C(C)N. The van der Waals surface area contributed by atoms with Gasteiger partial charge in [-0.25, -0.2) is 0 Å². The molecule has 1 heterocycles. The lowest BCUT2D eigenvalue weighted by atomic mass is 10.1. The number of furan rings is 1. The Morgan fingerprint density at radius 2 is 2.45 bits per heavy atom. The number of nitrogens with two attached hydrogens (primary N) is 1. The van der Waals surface area contributed by atoms with Crippen molar-refractivity contribution in [2.24, 2.45) is 5.73 Å². The van der Waals surface area contributed by atoms with Crippen LogP contribution in [0.25, 0.3) is 6.08 Å². The molecule has 1 atom stereocenters. The van der Waals surface area contributed by atoms with Gasteiger partial charge in [-0.15, -0.1) is 0 Å². The predicted octanol–water partition coefficient (Wildman–Crippen LogP) is 2.03. The lowest BCUT2D eigenvalue weighted by Crippen LogP contribution is -2.15. The van der Waals surface area contributed by atoms with Gasteiger partial charge in [-0.3, -0.25) is 0 Å².